The van der Waals surface area contributed by atoms with Crippen molar-refractivity contribution in [3.8, 4) is 5.75 Å². The molecule has 3 fully saturated rings. The van der Waals surface area contributed by atoms with E-state index in [0.29, 0.717) is 94.5 Å². The summed E-state index contributed by atoms with van der Waals surface area (Å²) >= 11 is 6.46. The van der Waals surface area contributed by atoms with Gasteiger partial charge in [-0.05, 0) is 69.5 Å². The summed E-state index contributed by atoms with van der Waals surface area (Å²) in [7, 11) is -1.97. The number of nitrogens with zero attached hydrogens (tertiary/aromatic N) is 6. The van der Waals surface area contributed by atoms with Crippen LogP contribution < -0.4 is 30.9 Å². The van der Waals surface area contributed by atoms with Crippen molar-refractivity contribution in [2.45, 2.75) is 68.2 Å². The van der Waals surface area contributed by atoms with E-state index in [9.17, 15) is 32.4 Å². The first-order valence-corrected chi connectivity index (χ1v) is 26.8. The van der Waals surface area contributed by atoms with E-state index in [1.165, 1.54) is 6.20 Å². The third kappa shape index (κ3) is 12.7. The standard InChI is InChI=1S/C51H63ClN10O11S/c1-33(2)74(68,69)43-10-5-4-8-39(43)55-47-37(52)32-54-51(58-47)56-38-12-11-35(31-42(38)70-3)59-19-15-34(16-20-59)60-21-23-61(24-22-60)45(64)17-25-71-27-29-73-30-28-72-26-18-53-40-9-6-7-36-46(40)50(67)62(49(36)66)41-13-14-44(63)57-48(41)65/h4-12,31-34,41,53H,13-30H2,1-3H3,(H,57,63,65)(H2,54,55,56,58). The molecule has 74 heavy (non-hydrogen) atoms. The van der Waals surface area contributed by atoms with Gasteiger partial charge in [-0.25, -0.2) is 13.4 Å². The molecule has 3 saturated heterocycles. The van der Waals surface area contributed by atoms with E-state index in [1.807, 2.05) is 23.1 Å². The van der Waals surface area contributed by atoms with Crippen LogP contribution in [0.1, 0.15) is 66.7 Å². The predicted molar refractivity (Wildman–Crippen MR) is 277 cm³/mol. The molecule has 8 rings (SSSR count). The molecule has 4 aliphatic heterocycles. The van der Waals surface area contributed by atoms with E-state index in [-0.39, 0.29) is 51.6 Å². The van der Waals surface area contributed by atoms with Gasteiger partial charge in [-0.15, -0.1) is 0 Å². The normalized spacial score (nSPS) is 17.7. The number of para-hydroxylation sites is 1. The van der Waals surface area contributed by atoms with Crippen molar-refractivity contribution < 1.29 is 51.3 Å². The molecule has 0 spiro atoms. The molecule has 396 valence electrons. The maximum Gasteiger partial charge on any atom is 0.264 e. The molecule has 3 aromatic carbocycles. The number of methoxy groups -OCH3 is 1. The summed E-state index contributed by atoms with van der Waals surface area (Å²) in [6, 6.07) is 16.9. The van der Waals surface area contributed by atoms with Gasteiger partial charge < -0.3 is 44.7 Å². The average molecular weight is 1060 g/mol. The molecule has 0 radical (unpaired) electrons. The smallest absolute Gasteiger partial charge is 0.264 e. The number of amides is 5. The van der Waals surface area contributed by atoms with Gasteiger partial charge in [0.25, 0.3) is 11.8 Å². The molecule has 1 aromatic heterocycles. The molecule has 4 aromatic rings. The number of sulfone groups is 1. The van der Waals surface area contributed by atoms with Crippen LogP contribution in [0, 0.1) is 0 Å². The van der Waals surface area contributed by atoms with Crippen LogP contribution in [0.15, 0.2) is 71.8 Å². The van der Waals surface area contributed by atoms with Gasteiger partial charge >= 0.3 is 0 Å². The quantitative estimate of drug-likeness (QED) is 0.0572. The van der Waals surface area contributed by atoms with Crippen LogP contribution in [-0.4, -0.2) is 173 Å². The Balaban J connectivity index is 0.679. The number of piperazine rings is 1. The fraction of sp³-hybridized carbons (Fsp3) is 0.471. The molecule has 1 atom stereocenters. The first-order chi connectivity index (χ1) is 35.7. The minimum absolute atomic E-state index is 0.0517. The zero-order valence-electron chi connectivity index (χ0n) is 41.8. The molecular weight excluding hydrogens is 996 g/mol. The molecule has 0 bridgehead atoms. The van der Waals surface area contributed by atoms with Crippen molar-refractivity contribution in [3.63, 3.8) is 0 Å². The lowest BCUT2D eigenvalue weighted by atomic mass is 10.0. The minimum Gasteiger partial charge on any atom is -0.494 e. The molecular formula is C51H63ClN10O11S. The van der Waals surface area contributed by atoms with Crippen molar-refractivity contribution in [1.82, 2.24) is 30.0 Å². The summed E-state index contributed by atoms with van der Waals surface area (Å²) in [5, 5.41) is 11.3. The topological polar surface area (TPSA) is 243 Å². The number of carbonyl (C=O) groups excluding carboxylic acids is 5. The Kier molecular flexibility index (Phi) is 18.0. The number of nitrogens with one attached hydrogen (secondary N) is 4. The summed E-state index contributed by atoms with van der Waals surface area (Å²) in [4.78, 5) is 80.1. The maximum absolute atomic E-state index is 13.3. The van der Waals surface area contributed by atoms with Gasteiger partial charge in [0.2, 0.25) is 23.7 Å². The van der Waals surface area contributed by atoms with E-state index >= 15 is 0 Å². The number of halogens is 1. The fourth-order valence-corrected chi connectivity index (χ4v) is 10.8. The Hall–Kier alpha value is -6.43. The summed E-state index contributed by atoms with van der Waals surface area (Å²) in [5.74, 6) is -1.04. The number of anilines is 6. The zero-order chi connectivity index (χ0) is 52.4. The van der Waals surface area contributed by atoms with Crippen molar-refractivity contribution >= 4 is 85.5 Å². The summed E-state index contributed by atoms with van der Waals surface area (Å²) in [6.45, 7) is 10.4. The van der Waals surface area contributed by atoms with Crippen LogP contribution in [0.5, 0.6) is 5.75 Å². The number of carbonyl (C=O) groups is 5. The van der Waals surface area contributed by atoms with Gasteiger partial charge in [0.05, 0.1) is 92.0 Å². The van der Waals surface area contributed by atoms with Gasteiger partial charge in [-0.1, -0.05) is 29.8 Å². The Labute approximate surface area is 435 Å². The Bertz CT molecular complexity index is 2810. The summed E-state index contributed by atoms with van der Waals surface area (Å²) in [5.41, 5.74) is 2.91. The predicted octanol–water partition coefficient (Wildman–Crippen LogP) is 4.87. The molecule has 0 saturated carbocycles. The lowest BCUT2D eigenvalue weighted by Gasteiger charge is -2.43. The van der Waals surface area contributed by atoms with Crippen LogP contribution in [-0.2, 0) is 38.4 Å². The van der Waals surface area contributed by atoms with Gasteiger partial charge in [0.1, 0.15) is 16.8 Å². The highest BCUT2D eigenvalue weighted by Crippen LogP contribution is 2.36. The van der Waals surface area contributed by atoms with E-state index in [0.717, 1.165) is 49.6 Å². The van der Waals surface area contributed by atoms with Gasteiger partial charge in [-0.2, -0.15) is 4.98 Å². The Morgan fingerprint density at radius 1 is 0.811 bits per heavy atom. The number of rotatable bonds is 23. The van der Waals surface area contributed by atoms with Gasteiger partial charge in [0, 0.05) is 75.7 Å². The summed E-state index contributed by atoms with van der Waals surface area (Å²) in [6.07, 6.45) is 3.87. The molecule has 21 nitrogen and oxygen atoms in total. The van der Waals surface area contributed by atoms with Gasteiger partial charge in [0.15, 0.2) is 15.7 Å². The highest BCUT2D eigenvalue weighted by atomic mass is 35.5. The average Bonchev–Trinajstić information content (AvgIpc) is 3.66. The maximum atomic E-state index is 13.3. The second kappa shape index (κ2) is 24.7. The fourth-order valence-electron chi connectivity index (χ4n) is 9.42. The van der Waals surface area contributed by atoms with Crippen molar-refractivity contribution in [1.29, 1.82) is 0 Å². The first kappa shape index (κ1) is 53.8. The van der Waals surface area contributed by atoms with Crippen molar-refractivity contribution in [2.24, 2.45) is 0 Å². The van der Waals surface area contributed by atoms with Crippen LogP contribution in [0.2, 0.25) is 5.02 Å². The molecule has 23 heteroatoms. The SMILES string of the molecule is COc1cc(N2CCC(N3CCN(C(=O)CCOCCOCCOCCNc4cccc5c4C(=O)N(C4CCC(=O)NC4=O)C5=O)CC3)CC2)ccc1Nc1ncc(Cl)c(Nc2ccccc2S(=O)(=O)C(C)C)n1. The Morgan fingerprint density at radius 2 is 1.51 bits per heavy atom. The summed E-state index contributed by atoms with van der Waals surface area (Å²) < 4.78 is 48.8. The largest absolute Gasteiger partial charge is 0.494 e. The second-order valence-corrected chi connectivity index (χ2v) is 21.3. The van der Waals surface area contributed by atoms with Crippen LogP contribution in [0.3, 0.4) is 0 Å². The van der Waals surface area contributed by atoms with E-state index in [4.69, 9.17) is 30.5 Å². The second-order valence-electron chi connectivity index (χ2n) is 18.4. The lowest BCUT2D eigenvalue weighted by molar-refractivity contribution is -0.136. The van der Waals surface area contributed by atoms with E-state index < -0.39 is 44.8 Å². The molecule has 1 unspecified atom stereocenters. The number of hydrogen-bond acceptors (Lipinski definition) is 18. The highest BCUT2D eigenvalue weighted by Gasteiger charge is 2.45. The molecule has 0 aliphatic carbocycles. The van der Waals surface area contributed by atoms with E-state index in [2.05, 4.69) is 41.0 Å². The number of ether oxygens (including phenoxy) is 4. The molecule has 5 heterocycles. The number of fused-ring (bicyclic) bond motifs is 1. The number of benzene rings is 3. The Morgan fingerprint density at radius 3 is 2.23 bits per heavy atom. The molecule has 4 N–H and O–H groups in total. The van der Waals surface area contributed by atoms with Crippen LogP contribution in [0.4, 0.5) is 34.5 Å². The monoisotopic (exact) mass is 1060 g/mol. The lowest BCUT2D eigenvalue weighted by Crippen LogP contribution is -2.54. The number of hydrogen-bond donors (Lipinski definition) is 4. The molecule has 4 aliphatic rings. The third-order valence-electron chi connectivity index (χ3n) is 13.5. The first-order valence-electron chi connectivity index (χ1n) is 24.9. The molecule has 5 amide bonds. The van der Waals surface area contributed by atoms with Crippen LogP contribution in [0.25, 0.3) is 0 Å². The van der Waals surface area contributed by atoms with Crippen molar-refractivity contribution in [3.05, 3.63) is 83.0 Å². The number of imide groups is 2. The van der Waals surface area contributed by atoms with Crippen molar-refractivity contribution in [2.75, 3.05) is 113 Å². The number of piperidine rings is 2. The zero-order valence-corrected chi connectivity index (χ0v) is 43.3. The van der Waals surface area contributed by atoms with E-state index in [1.54, 1.807) is 63.4 Å². The van der Waals surface area contributed by atoms with Crippen LogP contribution >= 0.6 is 11.6 Å². The highest BCUT2D eigenvalue weighted by molar-refractivity contribution is 7.92. The van der Waals surface area contributed by atoms with Gasteiger partial charge in [-0.3, -0.25) is 39.1 Å². The minimum atomic E-state index is -3.58. The number of aromatic nitrogens is 2. The third-order valence-corrected chi connectivity index (χ3v) is 16.0.